The molecular weight excluding hydrogens is 380 g/mol. The standard InChI is InChI=1S/C20H16N2O5S/c23-20(13-10-17-6-3-5-16-4-1-2-7-19(16)17)21-28(26,27)14-15-8-11-18(12-9-15)22(24)25/h1-13H,14H2,(H,21,23)/b13-10-. The summed E-state index contributed by atoms with van der Waals surface area (Å²) in [6.45, 7) is 0. The number of amides is 1. The van der Waals surface area contributed by atoms with E-state index in [0.717, 1.165) is 22.4 Å². The fourth-order valence-corrected chi connectivity index (χ4v) is 3.80. The molecule has 0 atom stereocenters. The Hall–Kier alpha value is -3.52. The van der Waals surface area contributed by atoms with Crippen molar-refractivity contribution in [1.29, 1.82) is 0 Å². The van der Waals surface area contributed by atoms with Crippen LogP contribution in [0.3, 0.4) is 0 Å². The largest absolute Gasteiger partial charge is 0.269 e. The molecule has 0 spiro atoms. The number of nitro groups is 1. The van der Waals surface area contributed by atoms with Gasteiger partial charge < -0.3 is 0 Å². The quantitative estimate of drug-likeness (QED) is 0.390. The van der Waals surface area contributed by atoms with Gasteiger partial charge in [0.25, 0.3) is 11.6 Å². The zero-order valence-electron chi connectivity index (χ0n) is 14.6. The van der Waals surface area contributed by atoms with E-state index in [-0.39, 0.29) is 5.69 Å². The van der Waals surface area contributed by atoms with Crippen molar-refractivity contribution in [2.24, 2.45) is 0 Å². The molecule has 3 rings (SSSR count). The smallest absolute Gasteiger partial charge is 0.269 e. The maximum absolute atomic E-state index is 12.2. The van der Waals surface area contributed by atoms with Gasteiger partial charge in [0.1, 0.15) is 0 Å². The minimum Gasteiger partial charge on any atom is -0.269 e. The Labute approximate surface area is 161 Å². The molecular formula is C20H16N2O5S. The summed E-state index contributed by atoms with van der Waals surface area (Å²) >= 11 is 0. The van der Waals surface area contributed by atoms with Gasteiger partial charge in [0.05, 0.1) is 10.7 Å². The van der Waals surface area contributed by atoms with E-state index in [1.807, 2.05) is 47.2 Å². The van der Waals surface area contributed by atoms with E-state index in [2.05, 4.69) is 0 Å². The van der Waals surface area contributed by atoms with Crippen molar-refractivity contribution in [2.75, 3.05) is 0 Å². The van der Waals surface area contributed by atoms with Crippen LogP contribution in [0.1, 0.15) is 11.1 Å². The van der Waals surface area contributed by atoms with Crippen LogP contribution in [-0.2, 0) is 20.6 Å². The first kappa shape index (κ1) is 19.2. The first-order chi connectivity index (χ1) is 13.3. The average molecular weight is 396 g/mol. The Kier molecular flexibility index (Phi) is 5.51. The van der Waals surface area contributed by atoms with E-state index < -0.39 is 26.6 Å². The van der Waals surface area contributed by atoms with Gasteiger partial charge in [0, 0.05) is 18.2 Å². The molecule has 142 valence electrons. The van der Waals surface area contributed by atoms with Crippen molar-refractivity contribution in [3.05, 3.63) is 94.0 Å². The summed E-state index contributed by atoms with van der Waals surface area (Å²) in [6, 6.07) is 18.4. The second kappa shape index (κ2) is 8.01. The van der Waals surface area contributed by atoms with Crippen LogP contribution in [0.2, 0.25) is 0 Å². The molecule has 0 saturated carbocycles. The molecule has 28 heavy (non-hydrogen) atoms. The minimum absolute atomic E-state index is 0.136. The maximum Gasteiger partial charge on any atom is 0.269 e. The van der Waals surface area contributed by atoms with Crippen LogP contribution in [0.25, 0.3) is 16.8 Å². The SMILES string of the molecule is O=C(/C=C\c1cccc2ccccc12)NS(=O)(=O)Cc1ccc([N+](=O)[O-])cc1. The summed E-state index contributed by atoms with van der Waals surface area (Å²) in [4.78, 5) is 22.1. The zero-order valence-corrected chi connectivity index (χ0v) is 15.4. The number of fused-ring (bicyclic) bond motifs is 1. The van der Waals surface area contributed by atoms with Crippen LogP contribution in [-0.4, -0.2) is 19.2 Å². The minimum atomic E-state index is -3.93. The number of carbonyl (C=O) groups excluding carboxylic acids is 1. The fourth-order valence-electron chi connectivity index (χ4n) is 2.72. The molecule has 1 N–H and O–H groups in total. The molecule has 0 bridgehead atoms. The number of sulfonamides is 1. The lowest BCUT2D eigenvalue weighted by Crippen LogP contribution is -2.30. The monoisotopic (exact) mass is 396 g/mol. The van der Waals surface area contributed by atoms with Crippen molar-refractivity contribution >= 4 is 38.5 Å². The van der Waals surface area contributed by atoms with Gasteiger partial charge in [-0.05, 0) is 28.0 Å². The Morgan fingerprint density at radius 1 is 1.00 bits per heavy atom. The zero-order chi connectivity index (χ0) is 20.1. The molecule has 1 amide bonds. The second-order valence-corrected chi connectivity index (χ2v) is 7.77. The molecule has 0 aliphatic carbocycles. The molecule has 0 radical (unpaired) electrons. The van der Waals surface area contributed by atoms with Gasteiger partial charge in [-0.1, -0.05) is 54.6 Å². The molecule has 3 aromatic rings. The van der Waals surface area contributed by atoms with Gasteiger partial charge in [-0.3, -0.25) is 14.9 Å². The fraction of sp³-hybridized carbons (Fsp3) is 0.0500. The van der Waals surface area contributed by atoms with E-state index in [0.29, 0.717) is 5.56 Å². The van der Waals surface area contributed by atoms with Crippen molar-refractivity contribution < 1.29 is 18.1 Å². The maximum atomic E-state index is 12.2. The molecule has 0 heterocycles. The lowest BCUT2D eigenvalue weighted by atomic mass is 10.0. The highest BCUT2D eigenvalue weighted by Gasteiger charge is 2.15. The first-order valence-electron chi connectivity index (χ1n) is 8.28. The van der Waals surface area contributed by atoms with Gasteiger partial charge in [-0.2, -0.15) is 0 Å². The number of carbonyl (C=O) groups is 1. The summed E-state index contributed by atoms with van der Waals surface area (Å²) < 4.78 is 26.3. The normalized spacial score (nSPS) is 11.6. The van der Waals surface area contributed by atoms with Gasteiger partial charge >= 0.3 is 0 Å². The molecule has 0 aliphatic heterocycles. The van der Waals surface area contributed by atoms with E-state index in [4.69, 9.17) is 0 Å². The highest BCUT2D eigenvalue weighted by molar-refractivity contribution is 7.89. The van der Waals surface area contributed by atoms with Crippen LogP contribution in [0.15, 0.2) is 72.8 Å². The van der Waals surface area contributed by atoms with E-state index in [1.54, 1.807) is 6.08 Å². The lowest BCUT2D eigenvalue weighted by molar-refractivity contribution is -0.384. The van der Waals surface area contributed by atoms with Crippen LogP contribution < -0.4 is 4.72 Å². The van der Waals surface area contributed by atoms with Crippen LogP contribution in [0.5, 0.6) is 0 Å². The predicted molar refractivity (Wildman–Crippen MR) is 107 cm³/mol. The van der Waals surface area contributed by atoms with Gasteiger partial charge in [0.2, 0.25) is 10.0 Å². The summed E-state index contributed by atoms with van der Waals surface area (Å²) in [6.07, 6.45) is 2.72. The molecule has 0 aromatic heterocycles. The molecule has 0 fully saturated rings. The predicted octanol–water partition coefficient (Wildman–Crippen LogP) is 3.41. The van der Waals surface area contributed by atoms with Crippen LogP contribution in [0, 0.1) is 10.1 Å². The molecule has 0 unspecified atom stereocenters. The molecule has 0 saturated heterocycles. The first-order valence-corrected chi connectivity index (χ1v) is 9.93. The second-order valence-electron chi connectivity index (χ2n) is 6.05. The lowest BCUT2D eigenvalue weighted by Gasteiger charge is -2.05. The van der Waals surface area contributed by atoms with E-state index in [1.165, 1.54) is 24.3 Å². The number of nitrogens with zero attached hydrogens (tertiary/aromatic N) is 1. The third-order valence-electron chi connectivity index (χ3n) is 4.00. The van der Waals surface area contributed by atoms with Crippen molar-refractivity contribution in [3.63, 3.8) is 0 Å². The van der Waals surface area contributed by atoms with Crippen LogP contribution >= 0.6 is 0 Å². The molecule has 3 aromatic carbocycles. The van der Waals surface area contributed by atoms with E-state index >= 15 is 0 Å². The van der Waals surface area contributed by atoms with Crippen molar-refractivity contribution in [2.45, 2.75) is 5.75 Å². The number of nitrogens with one attached hydrogen (secondary N) is 1. The van der Waals surface area contributed by atoms with E-state index in [9.17, 15) is 23.3 Å². The highest BCUT2D eigenvalue weighted by atomic mass is 32.2. The molecule has 0 aliphatic rings. The van der Waals surface area contributed by atoms with Gasteiger partial charge in [0.15, 0.2) is 0 Å². The van der Waals surface area contributed by atoms with Crippen LogP contribution in [0.4, 0.5) is 5.69 Å². The number of benzene rings is 3. The Bertz CT molecular complexity index is 1160. The van der Waals surface area contributed by atoms with Gasteiger partial charge in [-0.25, -0.2) is 13.1 Å². The third-order valence-corrected chi connectivity index (χ3v) is 5.22. The van der Waals surface area contributed by atoms with Crippen molar-refractivity contribution in [3.8, 4) is 0 Å². The summed E-state index contributed by atoms with van der Waals surface area (Å²) in [5.74, 6) is -1.23. The Morgan fingerprint density at radius 3 is 2.39 bits per heavy atom. The number of hydrogen-bond acceptors (Lipinski definition) is 5. The number of nitro benzene ring substituents is 1. The average Bonchev–Trinajstić information content (AvgIpc) is 2.66. The highest BCUT2D eigenvalue weighted by Crippen LogP contribution is 2.19. The van der Waals surface area contributed by atoms with Gasteiger partial charge in [-0.15, -0.1) is 0 Å². The number of non-ortho nitro benzene ring substituents is 1. The number of hydrogen-bond donors (Lipinski definition) is 1. The Balaban J connectivity index is 1.69. The Morgan fingerprint density at radius 2 is 1.68 bits per heavy atom. The summed E-state index contributed by atoms with van der Waals surface area (Å²) in [5.41, 5.74) is 0.994. The van der Waals surface area contributed by atoms with Crippen molar-refractivity contribution in [1.82, 2.24) is 4.72 Å². The topological polar surface area (TPSA) is 106 Å². The number of rotatable bonds is 6. The molecule has 7 nitrogen and oxygen atoms in total. The molecule has 8 heteroatoms. The summed E-state index contributed by atoms with van der Waals surface area (Å²) in [7, 11) is -3.93. The third kappa shape index (κ3) is 4.80. The summed E-state index contributed by atoms with van der Waals surface area (Å²) in [5, 5.41) is 12.6.